The predicted molar refractivity (Wildman–Crippen MR) is 107 cm³/mol. The van der Waals surface area contributed by atoms with Gasteiger partial charge in [-0.05, 0) is 61.0 Å². The van der Waals surface area contributed by atoms with E-state index < -0.39 is 11.7 Å². The first-order valence-corrected chi connectivity index (χ1v) is 10.2. The Balaban J connectivity index is 2.40. The molecule has 0 radical (unpaired) electrons. The van der Waals surface area contributed by atoms with Crippen LogP contribution in [0.5, 0.6) is 11.5 Å². The number of rotatable bonds is 9. The number of hydrogen-bond acceptors (Lipinski definition) is 6. The van der Waals surface area contributed by atoms with Crippen LogP contribution in [-0.4, -0.2) is 45.6 Å². The fourth-order valence-electron chi connectivity index (χ4n) is 4.35. The number of carboxylic acid groups (broad SMARTS) is 1. The number of carbonyl (C=O) groups is 2. The number of phenols is 2. The zero-order valence-corrected chi connectivity index (χ0v) is 17.4. The van der Waals surface area contributed by atoms with Gasteiger partial charge in [-0.1, -0.05) is 20.3 Å². The number of aromatic hydroxyl groups is 2. The van der Waals surface area contributed by atoms with Gasteiger partial charge in [0.05, 0.1) is 6.61 Å². The second-order valence-electron chi connectivity index (χ2n) is 8.30. The quantitative estimate of drug-likeness (QED) is 0.362. The SMILES string of the molecule is CC(=O)OCC(CCCC(C)CO)C1CCC(C)c2c1cc(C(=O)O)c(O)c2O. The molecule has 0 saturated carbocycles. The second kappa shape index (κ2) is 9.96. The van der Waals surface area contributed by atoms with Gasteiger partial charge in [-0.25, -0.2) is 4.79 Å². The Labute approximate surface area is 171 Å². The van der Waals surface area contributed by atoms with Crippen LogP contribution in [0.15, 0.2) is 6.07 Å². The Bertz CT molecular complexity index is 743. The Kier molecular flexibility index (Phi) is 7.90. The van der Waals surface area contributed by atoms with Crippen LogP contribution in [0, 0.1) is 11.8 Å². The largest absolute Gasteiger partial charge is 0.504 e. The second-order valence-corrected chi connectivity index (χ2v) is 8.30. The first-order valence-electron chi connectivity index (χ1n) is 10.2. The van der Waals surface area contributed by atoms with Gasteiger partial charge in [-0.15, -0.1) is 0 Å². The number of aromatic carboxylic acids is 1. The fourth-order valence-corrected chi connectivity index (χ4v) is 4.35. The van der Waals surface area contributed by atoms with Crippen LogP contribution in [-0.2, 0) is 9.53 Å². The average Bonchev–Trinajstić information content (AvgIpc) is 2.66. The zero-order valence-electron chi connectivity index (χ0n) is 17.4. The predicted octanol–water partition coefficient (Wildman–Crippen LogP) is 3.75. The molecular weight excluding hydrogens is 376 g/mol. The molecule has 0 amide bonds. The third-order valence-electron chi connectivity index (χ3n) is 6.03. The molecule has 0 saturated heterocycles. The molecule has 0 heterocycles. The molecule has 0 aliphatic heterocycles. The molecule has 0 aromatic heterocycles. The number of esters is 1. The summed E-state index contributed by atoms with van der Waals surface area (Å²) < 4.78 is 5.30. The van der Waals surface area contributed by atoms with Crippen molar-refractivity contribution in [2.45, 2.75) is 64.7 Å². The van der Waals surface area contributed by atoms with Gasteiger partial charge in [-0.3, -0.25) is 4.79 Å². The number of ether oxygens (including phenoxy) is 1. The van der Waals surface area contributed by atoms with Gasteiger partial charge in [-0.2, -0.15) is 0 Å². The van der Waals surface area contributed by atoms with Crippen molar-refractivity contribution in [3.8, 4) is 11.5 Å². The molecule has 7 nitrogen and oxygen atoms in total. The summed E-state index contributed by atoms with van der Waals surface area (Å²) in [6.45, 7) is 5.60. The van der Waals surface area contributed by atoms with E-state index in [9.17, 15) is 30.0 Å². The van der Waals surface area contributed by atoms with Crippen molar-refractivity contribution in [2.75, 3.05) is 13.2 Å². The summed E-state index contributed by atoms with van der Waals surface area (Å²) in [7, 11) is 0. The molecule has 162 valence electrons. The Morgan fingerprint density at radius 3 is 2.48 bits per heavy atom. The number of aliphatic hydroxyl groups excluding tert-OH is 1. The van der Waals surface area contributed by atoms with E-state index in [1.54, 1.807) is 0 Å². The molecule has 29 heavy (non-hydrogen) atoms. The van der Waals surface area contributed by atoms with Gasteiger partial charge in [0, 0.05) is 19.1 Å². The van der Waals surface area contributed by atoms with Crippen molar-refractivity contribution < 1.29 is 34.8 Å². The lowest BCUT2D eigenvalue weighted by Gasteiger charge is -2.36. The van der Waals surface area contributed by atoms with Gasteiger partial charge >= 0.3 is 11.9 Å². The van der Waals surface area contributed by atoms with Gasteiger partial charge in [0.15, 0.2) is 11.5 Å². The minimum absolute atomic E-state index is 0.0150. The molecular formula is C22H32O7. The monoisotopic (exact) mass is 408 g/mol. The molecule has 4 N–H and O–H groups in total. The molecule has 0 fully saturated rings. The highest BCUT2D eigenvalue weighted by atomic mass is 16.5. The van der Waals surface area contributed by atoms with Crippen LogP contribution < -0.4 is 0 Å². The van der Waals surface area contributed by atoms with E-state index in [0.29, 0.717) is 11.1 Å². The van der Waals surface area contributed by atoms with Crippen molar-refractivity contribution in [1.82, 2.24) is 0 Å². The maximum atomic E-state index is 11.5. The fraction of sp³-hybridized carbons (Fsp3) is 0.636. The third kappa shape index (κ3) is 5.41. The molecule has 2 rings (SSSR count). The summed E-state index contributed by atoms with van der Waals surface area (Å²) >= 11 is 0. The lowest BCUT2D eigenvalue weighted by molar-refractivity contribution is -0.142. The molecule has 0 bridgehead atoms. The first kappa shape index (κ1) is 23.0. The van der Waals surface area contributed by atoms with Gasteiger partial charge < -0.3 is 25.2 Å². The van der Waals surface area contributed by atoms with Crippen LogP contribution >= 0.6 is 0 Å². The first-order chi connectivity index (χ1) is 13.7. The molecule has 1 aliphatic rings. The van der Waals surface area contributed by atoms with E-state index in [4.69, 9.17) is 4.74 Å². The van der Waals surface area contributed by atoms with Crippen LogP contribution in [0.3, 0.4) is 0 Å². The molecule has 1 aromatic carbocycles. The highest BCUT2D eigenvalue weighted by Crippen LogP contribution is 2.50. The minimum Gasteiger partial charge on any atom is -0.504 e. The smallest absolute Gasteiger partial charge is 0.339 e. The van der Waals surface area contributed by atoms with Crippen LogP contribution in [0.1, 0.15) is 86.2 Å². The zero-order chi connectivity index (χ0) is 21.7. The van der Waals surface area contributed by atoms with E-state index in [0.717, 1.165) is 32.1 Å². The van der Waals surface area contributed by atoms with Crippen molar-refractivity contribution in [2.24, 2.45) is 11.8 Å². The molecule has 1 aromatic rings. The van der Waals surface area contributed by atoms with Gasteiger partial charge in [0.2, 0.25) is 0 Å². The van der Waals surface area contributed by atoms with E-state index in [1.807, 2.05) is 13.8 Å². The third-order valence-corrected chi connectivity index (χ3v) is 6.03. The highest BCUT2D eigenvalue weighted by Gasteiger charge is 2.35. The molecule has 7 heteroatoms. The van der Waals surface area contributed by atoms with Crippen molar-refractivity contribution in [3.05, 3.63) is 22.8 Å². The van der Waals surface area contributed by atoms with E-state index in [-0.39, 0.29) is 54.2 Å². The number of aliphatic hydroxyl groups is 1. The number of fused-ring (bicyclic) bond motifs is 1. The van der Waals surface area contributed by atoms with Crippen LogP contribution in [0.4, 0.5) is 0 Å². The number of hydrogen-bond donors (Lipinski definition) is 4. The minimum atomic E-state index is -1.30. The Morgan fingerprint density at radius 1 is 1.21 bits per heavy atom. The van der Waals surface area contributed by atoms with E-state index in [1.165, 1.54) is 13.0 Å². The van der Waals surface area contributed by atoms with Gasteiger partial charge in [0.25, 0.3) is 0 Å². The normalized spacial score (nSPS) is 20.6. The summed E-state index contributed by atoms with van der Waals surface area (Å²) in [6, 6.07) is 1.46. The summed E-state index contributed by atoms with van der Waals surface area (Å²) in [6.07, 6.45) is 3.98. The average molecular weight is 408 g/mol. The Hall–Kier alpha value is -2.28. The molecule has 4 atom stereocenters. The van der Waals surface area contributed by atoms with Gasteiger partial charge in [0.1, 0.15) is 5.56 Å². The van der Waals surface area contributed by atoms with Crippen molar-refractivity contribution >= 4 is 11.9 Å². The van der Waals surface area contributed by atoms with Crippen LogP contribution in [0.25, 0.3) is 0 Å². The van der Waals surface area contributed by atoms with E-state index in [2.05, 4.69) is 0 Å². The maximum Gasteiger partial charge on any atom is 0.339 e. The number of carbonyl (C=O) groups excluding carboxylic acids is 1. The molecule has 0 spiro atoms. The maximum absolute atomic E-state index is 11.5. The van der Waals surface area contributed by atoms with Crippen molar-refractivity contribution in [1.29, 1.82) is 0 Å². The standard InChI is InChI=1S/C22H32O7/c1-12(10-23)5-4-6-15(11-29-14(3)24)16-8-7-13(2)19-17(16)9-18(22(27)28)20(25)21(19)26/h9,12-13,15-16,23,25-26H,4-8,10-11H2,1-3H3,(H,27,28). The highest BCUT2D eigenvalue weighted by molar-refractivity contribution is 5.92. The number of phenolic OH excluding ortho intramolecular Hbond substituents is 1. The summed E-state index contributed by atoms with van der Waals surface area (Å²) in [4.78, 5) is 22.9. The van der Waals surface area contributed by atoms with E-state index >= 15 is 0 Å². The number of benzene rings is 1. The summed E-state index contributed by atoms with van der Waals surface area (Å²) in [5.74, 6) is -2.60. The summed E-state index contributed by atoms with van der Waals surface area (Å²) in [5, 5.41) is 39.3. The van der Waals surface area contributed by atoms with Crippen LogP contribution in [0.2, 0.25) is 0 Å². The Morgan fingerprint density at radius 2 is 1.90 bits per heavy atom. The number of carboxylic acids is 1. The lowest BCUT2D eigenvalue weighted by Crippen LogP contribution is -2.25. The lowest BCUT2D eigenvalue weighted by atomic mass is 9.70. The topological polar surface area (TPSA) is 124 Å². The van der Waals surface area contributed by atoms with Crippen molar-refractivity contribution in [3.63, 3.8) is 0 Å². The molecule has 4 unspecified atom stereocenters. The summed E-state index contributed by atoms with van der Waals surface area (Å²) in [5.41, 5.74) is 0.976. The molecule has 1 aliphatic carbocycles.